The highest BCUT2D eigenvalue weighted by Crippen LogP contribution is 2.31. The number of aryl methyl sites for hydroxylation is 1. The maximum atomic E-state index is 12.9. The van der Waals surface area contributed by atoms with E-state index in [1.165, 1.54) is 17.0 Å². The summed E-state index contributed by atoms with van der Waals surface area (Å²) in [6.45, 7) is 5.43. The number of benzene rings is 2. The van der Waals surface area contributed by atoms with E-state index < -0.39 is 4.92 Å². The minimum atomic E-state index is -0.498. The van der Waals surface area contributed by atoms with Gasteiger partial charge in [0.25, 0.3) is 5.56 Å². The molecule has 0 aliphatic rings. The molecule has 150 valence electrons. The lowest BCUT2D eigenvalue weighted by atomic mass is 10.2. The Labute approximate surface area is 175 Å². The lowest BCUT2D eigenvalue weighted by molar-refractivity contribution is -0.386. The van der Waals surface area contributed by atoms with Gasteiger partial charge in [0.1, 0.15) is 5.82 Å². The molecule has 2 aromatic carbocycles. The van der Waals surface area contributed by atoms with Crippen LogP contribution in [0.1, 0.15) is 31.7 Å². The Bertz CT molecular complexity index is 1170. The number of fused-ring (bicyclic) bond motifs is 1. The molecule has 0 radical (unpaired) electrons. The van der Waals surface area contributed by atoms with Gasteiger partial charge in [0, 0.05) is 16.1 Å². The summed E-state index contributed by atoms with van der Waals surface area (Å²) < 4.78 is 7.70. The number of nitro benzene ring substituents is 1. The number of hydrogen-bond acceptors (Lipinski definition) is 6. The first-order chi connectivity index (χ1) is 13.8. The molecule has 29 heavy (non-hydrogen) atoms. The number of ether oxygens (including phenoxy) is 1. The highest BCUT2D eigenvalue weighted by Gasteiger charge is 2.20. The summed E-state index contributed by atoms with van der Waals surface area (Å²) in [5, 5.41) is 16.1. The fourth-order valence-electron chi connectivity index (χ4n) is 2.72. The van der Waals surface area contributed by atoms with Crippen LogP contribution in [-0.2, 0) is 0 Å². The summed E-state index contributed by atoms with van der Waals surface area (Å²) in [4.78, 5) is 28.2. The molecule has 1 aromatic heterocycles. The standard InChI is InChI=1S/C20H19BrN4O4/c1-4-12(2)29-19-14(6-5-7-18(19)25(27)28)11-22-24-13(3)23-17-9-8-15(21)10-16(17)20(24)26/h5-12H,4H2,1-3H3/t12-/m0/s1. The average Bonchev–Trinajstić information content (AvgIpc) is 2.69. The molecule has 3 rings (SSSR count). The molecule has 1 atom stereocenters. The van der Waals surface area contributed by atoms with E-state index in [1.807, 2.05) is 19.9 Å². The van der Waals surface area contributed by atoms with Gasteiger partial charge in [-0.3, -0.25) is 14.9 Å². The van der Waals surface area contributed by atoms with Gasteiger partial charge in [-0.15, -0.1) is 0 Å². The zero-order valence-corrected chi connectivity index (χ0v) is 17.7. The number of aromatic nitrogens is 2. The number of nitro groups is 1. The van der Waals surface area contributed by atoms with Crippen molar-refractivity contribution in [3.05, 3.63) is 72.7 Å². The van der Waals surface area contributed by atoms with E-state index in [0.717, 1.165) is 4.47 Å². The molecule has 9 heteroatoms. The Morgan fingerprint density at radius 2 is 2.14 bits per heavy atom. The van der Waals surface area contributed by atoms with Crippen molar-refractivity contribution < 1.29 is 9.66 Å². The van der Waals surface area contributed by atoms with Crippen molar-refractivity contribution in [2.45, 2.75) is 33.3 Å². The highest BCUT2D eigenvalue weighted by atomic mass is 79.9. The third-order valence-corrected chi connectivity index (χ3v) is 4.89. The lowest BCUT2D eigenvalue weighted by Crippen LogP contribution is -2.20. The van der Waals surface area contributed by atoms with Gasteiger partial charge in [-0.05, 0) is 44.5 Å². The maximum Gasteiger partial charge on any atom is 0.311 e. The molecule has 0 unspecified atom stereocenters. The van der Waals surface area contributed by atoms with Crippen LogP contribution < -0.4 is 10.3 Å². The van der Waals surface area contributed by atoms with Crippen LogP contribution in [0.4, 0.5) is 5.69 Å². The number of para-hydroxylation sites is 1. The van der Waals surface area contributed by atoms with Crippen molar-refractivity contribution in [3.8, 4) is 5.75 Å². The molecule has 0 spiro atoms. The minimum Gasteiger partial charge on any atom is -0.483 e. The van der Waals surface area contributed by atoms with E-state index in [1.54, 1.807) is 31.2 Å². The molecule has 0 aliphatic carbocycles. The molecule has 3 aromatic rings. The summed E-state index contributed by atoms with van der Waals surface area (Å²) in [5.74, 6) is 0.522. The van der Waals surface area contributed by atoms with Crippen molar-refractivity contribution in [2.75, 3.05) is 0 Å². The predicted molar refractivity (Wildman–Crippen MR) is 115 cm³/mol. The Morgan fingerprint density at radius 1 is 1.38 bits per heavy atom. The van der Waals surface area contributed by atoms with Crippen LogP contribution in [0.2, 0.25) is 0 Å². The monoisotopic (exact) mass is 458 g/mol. The van der Waals surface area contributed by atoms with E-state index in [0.29, 0.717) is 28.7 Å². The van der Waals surface area contributed by atoms with Gasteiger partial charge < -0.3 is 4.74 Å². The Morgan fingerprint density at radius 3 is 2.83 bits per heavy atom. The van der Waals surface area contributed by atoms with Crippen molar-refractivity contribution >= 4 is 38.7 Å². The van der Waals surface area contributed by atoms with Crippen LogP contribution in [-0.4, -0.2) is 26.9 Å². The van der Waals surface area contributed by atoms with Crippen molar-refractivity contribution in [2.24, 2.45) is 5.10 Å². The van der Waals surface area contributed by atoms with Gasteiger partial charge in [0.2, 0.25) is 5.75 Å². The van der Waals surface area contributed by atoms with E-state index in [-0.39, 0.29) is 23.1 Å². The smallest absolute Gasteiger partial charge is 0.311 e. The van der Waals surface area contributed by atoms with Gasteiger partial charge in [-0.2, -0.15) is 9.78 Å². The topological polar surface area (TPSA) is 99.6 Å². The van der Waals surface area contributed by atoms with Crippen LogP contribution in [0, 0.1) is 17.0 Å². The summed E-state index contributed by atoms with van der Waals surface area (Å²) in [7, 11) is 0. The Hall–Kier alpha value is -3.07. The second kappa shape index (κ2) is 8.52. The lowest BCUT2D eigenvalue weighted by Gasteiger charge is -2.14. The Balaban J connectivity index is 2.12. The molecule has 0 saturated heterocycles. The van der Waals surface area contributed by atoms with Crippen LogP contribution in [0.15, 0.2) is 50.8 Å². The van der Waals surface area contributed by atoms with Crippen molar-refractivity contribution in [3.63, 3.8) is 0 Å². The molecular weight excluding hydrogens is 440 g/mol. The van der Waals surface area contributed by atoms with Crippen LogP contribution in [0.5, 0.6) is 5.75 Å². The number of nitrogens with zero attached hydrogens (tertiary/aromatic N) is 4. The molecular formula is C20H19BrN4O4. The SMILES string of the molecule is CC[C@H](C)Oc1c(C=Nn2c(C)nc3ccc(Br)cc3c2=O)cccc1[N+](=O)[O-]. The number of hydrogen-bond donors (Lipinski definition) is 0. The van der Waals surface area contributed by atoms with Gasteiger partial charge in [-0.25, -0.2) is 4.98 Å². The first-order valence-corrected chi connectivity index (χ1v) is 9.78. The second-order valence-electron chi connectivity index (χ2n) is 6.47. The molecule has 8 nitrogen and oxygen atoms in total. The summed E-state index contributed by atoms with van der Waals surface area (Å²) >= 11 is 3.35. The third kappa shape index (κ3) is 4.34. The van der Waals surface area contributed by atoms with Gasteiger partial charge in [0.15, 0.2) is 0 Å². The first kappa shape index (κ1) is 20.7. The fraction of sp³-hybridized carbons (Fsp3) is 0.250. The molecule has 0 saturated carbocycles. The highest BCUT2D eigenvalue weighted by molar-refractivity contribution is 9.10. The first-order valence-electron chi connectivity index (χ1n) is 8.99. The summed E-state index contributed by atoms with van der Waals surface area (Å²) in [5.41, 5.74) is 0.484. The molecule has 0 N–H and O–H groups in total. The van der Waals surface area contributed by atoms with E-state index in [2.05, 4.69) is 26.0 Å². The molecule has 0 amide bonds. The second-order valence-corrected chi connectivity index (χ2v) is 7.39. The van der Waals surface area contributed by atoms with Crippen LogP contribution >= 0.6 is 15.9 Å². The third-order valence-electron chi connectivity index (χ3n) is 4.40. The normalized spacial score (nSPS) is 12.4. The quantitative estimate of drug-likeness (QED) is 0.308. The molecule has 1 heterocycles. The van der Waals surface area contributed by atoms with E-state index in [9.17, 15) is 14.9 Å². The zero-order chi connectivity index (χ0) is 21.1. The molecule has 0 fully saturated rings. The van der Waals surface area contributed by atoms with E-state index in [4.69, 9.17) is 4.74 Å². The Kier molecular flexibility index (Phi) is 6.07. The zero-order valence-electron chi connectivity index (χ0n) is 16.1. The van der Waals surface area contributed by atoms with Crippen LogP contribution in [0.25, 0.3) is 10.9 Å². The fourth-order valence-corrected chi connectivity index (χ4v) is 3.08. The minimum absolute atomic E-state index is 0.123. The molecule has 0 bridgehead atoms. The van der Waals surface area contributed by atoms with Gasteiger partial charge in [-0.1, -0.05) is 28.9 Å². The number of rotatable bonds is 6. The maximum absolute atomic E-state index is 12.9. The summed E-state index contributed by atoms with van der Waals surface area (Å²) in [6.07, 6.45) is 1.85. The predicted octanol–water partition coefficient (Wildman–Crippen LogP) is 4.44. The average molecular weight is 459 g/mol. The van der Waals surface area contributed by atoms with Gasteiger partial charge >= 0.3 is 5.69 Å². The molecule has 0 aliphatic heterocycles. The van der Waals surface area contributed by atoms with Crippen molar-refractivity contribution in [1.82, 2.24) is 9.66 Å². The van der Waals surface area contributed by atoms with E-state index >= 15 is 0 Å². The van der Waals surface area contributed by atoms with Gasteiger partial charge in [0.05, 0.1) is 28.1 Å². The summed E-state index contributed by atoms with van der Waals surface area (Å²) in [6, 6.07) is 9.82. The van der Waals surface area contributed by atoms with Crippen molar-refractivity contribution in [1.29, 1.82) is 0 Å². The number of halogens is 1. The van der Waals surface area contributed by atoms with Crippen LogP contribution in [0.3, 0.4) is 0 Å². The largest absolute Gasteiger partial charge is 0.483 e.